The zero-order chi connectivity index (χ0) is 20.2. The fourth-order valence-corrected chi connectivity index (χ4v) is 3.67. The molecule has 0 spiro atoms. The molecule has 0 atom stereocenters. The number of hydrogen-bond donors (Lipinski definition) is 1. The Balaban J connectivity index is 1.81. The summed E-state index contributed by atoms with van der Waals surface area (Å²) in [6.45, 7) is 1.59. The van der Waals surface area contributed by atoms with E-state index in [0.717, 1.165) is 45.9 Å². The first-order valence-corrected chi connectivity index (χ1v) is 9.95. The summed E-state index contributed by atoms with van der Waals surface area (Å²) in [7, 11) is 4.07. The van der Waals surface area contributed by atoms with Gasteiger partial charge in [0.05, 0.1) is 16.8 Å². The van der Waals surface area contributed by atoms with Crippen molar-refractivity contribution < 1.29 is 4.79 Å². The number of fused-ring (bicyclic) bond motifs is 3. The molecular formula is C25H25N3O. The predicted molar refractivity (Wildman–Crippen MR) is 120 cm³/mol. The van der Waals surface area contributed by atoms with Crippen molar-refractivity contribution in [3.05, 3.63) is 78.4 Å². The number of carbonyl (C=O) groups is 1. The molecule has 1 aromatic heterocycles. The van der Waals surface area contributed by atoms with E-state index in [1.807, 2.05) is 62.6 Å². The molecule has 0 radical (unpaired) electrons. The lowest BCUT2D eigenvalue weighted by atomic mass is 9.98. The molecule has 0 aliphatic heterocycles. The van der Waals surface area contributed by atoms with Gasteiger partial charge >= 0.3 is 0 Å². The minimum atomic E-state index is -0.0730. The third-order valence-electron chi connectivity index (χ3n) is 5.09. The summed E-state index contributed by atoms with van der Waals surface area (Å²) in [4.78, 5) is 20.0. The summed E-state index contributed by atoms with van der Waals surface area (Å²) < 4.78 is 0. The fourth-order valence-electron chi connectivity index (χ4n) is 3.67. The molecule has 4 aromatic rings. The van der Waals surface area contributed by atoms with Crippen molar-refractivity contribution in [2.75, 3.05) is 27.2 Å². The van der Waals surface area contributed by atoms with E-state index in [4.69, 9.17) is 4.98 Å². The van der Waals surface area contributed by atoms with Gasteiger partial charge in [-0.25, -0.2) is 4.98 Å². The summed E-state index contributed by atoms with van der Waals surface area (Å²) in [5.74, 6) is -0.0730. The third-order valence-corrected chi connectivity index (χ3v) is 5.09. The van der Waals surface area contributed by atoms with Crippen LogP contribution >= 0.6 is 0 Å². The smallest absolute Gasteiger partial charge is 0.253 e. The molecule has 0 saturated heterocycles. The number of nitrogens with zero attached hydrogens (tertiary/aromatic N) is 2. The highest BCUT2D eigenvalue weighted by atomic mass is 16.1. The van der Waals surface area contributed by atoms with Gasteiger partial charge in [0.15, 0.2) is 0 Å². The Kier molecular flexibility index (Phi) is 5.54. The SMILES string of the molecule is CN(C)CCCNC(=O)c1cccc2c1nc(-c1ccccc1)c1ccccc12. The molecule has 0 fully saturated rings. The first-order valence-electron chi connectivity index (χ1n) is 9.95. The Bertz CT molecular complexity index is 1150. The van der Waals surface area contributed by atoms with Gasteiger partial charge in [0.1, 0.15) is 0 Å². The molecule has 0 aliphatic carbocycles. The van der Waals surface area contributed by atoms with Gasteiger partial charge < -0.3 is 10.2 Å². The molecule has 4 nitrogen and oxygen atoms in total. The van der Waals surface area contributed by atoms with Crippen LogP contribution in [0.5, 0.6) is 0 Å². The number of amides is 1. The predicted octanol–water partition coefficient (Wildman–Crippen LogP) is 4.74. The summed E-state index contributed by atoms with van der Waals surface area (Å²) >= 11 is 0. The zero-order valence-electron chi connectivity index (χ0n) is 16.9. The van der Waals surface area contributed by atoms with Crippen molar-refractivity contribution >= 4 is 27.6 Å². The number of rotatable bonds is 6. The van der Waals surface area contributed by atoms with Crippen molar-refractivity contribution in [2.45, 2.75) is 6.42 Å². The van der Waals surface area contributed by atoms with Crippen molar-refractivity contribution in [1.82, 2.24) is 15.2 Å². The molecule has 0 saturated carbocycles. The monoisotopic (exact) mass is 383 g/mol. The number of benzene rings is 3. The average molecular weight is 383 g/mol. The zero-order valence-corrected chi connectivity index (χ0v) is 16.9. The second kappa shape index (κ2) is 8.41. The van der Waals surface area contributed by atoms with Gasteiger partial charge in [-0.1, -0.05) is 66.7 Å². The number of pyridine rings is 1. The quantitative estimate of drug-likeness (QED) is 0.386. The molecule has 3 aromatic carbocycles. The van der Waals surface area contributed by atoms with Crippen LogP contribution in [-0.2, 0) is 0 Å². The highest BCUT2D eigenvalue weighted by Crippen LogP contribution is 2.33. The molecule has 4 heteroatoms. The molecule has 0 bridgehead atoms. The van der Waals surface area contributed by atoms with E-state index in [1.165, 1.54) is 0 Å². The van der Waals surface area contributed by atoms with Crippen molar-refractivity contribution in [1.29, 1.82) is 0 Å². The second-order valence-electron chi connectivity index (χ2n) is 7.49. The lowest BCUT2D eigenvalue weighted by Gasteiger charge is -2.13. The molecule has 1 N–H and O–H groups in total. The Morgan fingerprint density at radius 1 is 0.862 bits per heavy atom. The van der Waals surface area contributed by atoms with E-state index in [0.29, 0.717) is 12.1 Å². The van der Waals surface area contributed by atoms with Crippen LogP contribution in [0.15, 0.2) is 72.8 Å². The van der Waals surface area contributed by atoms with Crippen LogP contribution in [0.1, 0.15) is 16.8 Å². The van der Waals surface area contributed by atoms with E-state index in [2.05, 4.69) is 34.5 Å². The molecule has 1 amide bonds. The van der Waals surface area contributed by atoms with Crippen LogP contribution in [0.2, 0.25) is 0 Å². The van der Waals surface area contributed by atoms with Crippen molar-refractivity contribution in [2.24, 2.45) is 0 Å². The summed E-state index contributed by atoms with van der Waals surface area (Å²) in [5.41, 5.74) is 3.32. The molecule has 29 heavy (non-hydrogen) atoms. The van der Waals surface area contributed by atoms with Crippen LogP contribution in [-0.4, -0.2) is 43.0 Å². The first kappa shape index (κ1) is 19.1. The van der Waals surface area contributed by atoms with Crippen LogP contribution in [0.4, 0.5) is 0 Å². The number of para-hydroxylation sites is 1. The Morgan fingerprint density at radius 2 is 1.55 bits per heavy atom. The minimum absolute atomic E-state index is 0.0730. The number of carbonyl (C=O) groups excluding carboxylic acids is 1. The first-order chi connectivity index (χ1) is 14.1. The summed E-state index contributed by atoms with van der Waals surface area (Å²) in [5, 5.41) is 6.25. The fraction of sp³-hybridized carbons (Fsp3) is 0.200. The van der Waals surface area contributed by atoms with Crippen LogP contribution in [0, 0.1) is 0 Å². The van der Waals surface area contributed by atoms with Crippen LogP contribution < -0.4 is 5.32 Å². The highest BCUT2D eigenvalue weighted by Gasteiger charge is 2.16. The third kappa shape index (κ3) is 3.98. The molecule has 1 heterocycles. The number of hydrogen-bond acceptors (Lipinski definition) is 3. The van der Waals surface area contributed by atoms with Gasteiger partial charge in [0.25, 0.3) is 5.91 Å². The van der Waals surface area contributed by atoms with E-state index in [1.54, 1.807) is 0 Å². The van der Waals surface area contributed by atoms with E-state index < -0.39 is 0 Å². The number of nitrogens with one attached hydrogen (secondary N) is 1. The van der Waals surface area contributed by atoms with Gasteiger partial charge in [0, 0.05) is 22.9 Å². The van der Waals surface area contributed by atoms with Gasteiger partial charge in [-0.15, -0.1) is 0 Å². The van der Waals surface area contributed by atoms with Crippen molar-refractivity contribution in [3.63, 3.8) is 0 Å². The second-order valence-corrected chi connectivity index (χ2v) is 7.49. The minimum Gasteiger partial charge on any atom is -0.352 e. The lowest BCUT2D eigenvalue weighted by molar-refractivity contribution is 0.0954. The maximum atomic E-state index is 12.9. The van der Waals surface area contributed by atoms with E-state index in [9.17, 15) is 4.79 Å². The van der Waals surface area contributed by atoms with Gasteiger partial charge in [0.2, 0.25) is 0 Å². The normalized spacial score (nSPS) is 11.3. The number of aromatic nitrogens is 1. The Labute approximate surface area is 171 Å². The molecule has 146 valence electrons. The lowest BCUT2D eigenvalue weighted by Crippen LogP contribution is -2.27. The molecule has 4 rings (SSSR count). The molecular weight excluding hydrogens is 358 g/mol. The van der Waals surface area contributed by atoms with Gasteiger partial charge in [-0.3, -0.25) is 4.79 Å². The van der Waals surface area contributed by atoms with E-state index >= 15 is 0 Å². The Morgan fingerprint density at radius 3 is 2.31 bits per heavy atom. The Hall–Kier alpha value is -3.24. The molecule has 0 unspecified atom stereocenters. The standard InChI is InChI=1S/C25H25N3O/c1-28(2)17-9-16-26-25(29)22-15-8-14-21-19-12-6-7-13-20(19)23(27-24(21)22)18-10-4-3-5-11-18/h3-8,10-15H,9,16-17H2,1-2H3,(H,26,29). The highest BCUT2D eigenvalue weighted by molar-refractivity contribution is 6.16. The molecule has 0 aliphatic rings. The maximum absolute atomic E-state index is 12.9. The summed E-state index contributed by atoms with van der Waals surface area (Å²) in [6, 6.07) is 24.2. The summed E-state index contributed by atoms with van der Waals surface area (Å²) in [6.07, 6.45) is 0.912. The van der Waals surface area contributed by atoms with Crippen molar-refractivity contribution in [3.8, 4) is 11.3 Å². The average Bonchev–Trinajstić information content (AvgIpc) is 2.76. The van der Waals surface area contributed by atoms with Crippen LogP contribution in [0.3, 0.4) is 0 Å². The van der Waals surface area contributed by atoms with Crippen LogP contribution in [0.25, 0.3) is 32.9 Å². The maximum Gasteiger partial charge on any atom is 0.253 e. The topological polar surface area (TPSA) is 45.2 Å². The van der Waals surface area contributed by atoms with Gasteiger partial charge in [-0.05, 0) is 38.5 Å². The van der Waals surface area contributed by atoms with E-state index in [-0.39, 0.29) is 5.91 Å². The largest absolute Gasteiger partial charge is 0.352 e. The van der Waals surface area contributed by atoms with Gasteiger partial charge in [-0.2, -0.15) is 0 Å².